The summed E-state index contributed by atoms with van der Waals surface area (Å²) in [6.45, 7) is 1.69. The normalized spacial score (nSPS) is 13.7. The van der Waals surface area contributed by atoms with E-state index in [4.69, 9.17) is 22.1 Å². The lowest BCUT2D eigenvalue weighted by molar-refractivity contribution is 0.0554. The Labute approximate surface area is 124 Å². The second-order valence-corrected chi connectivity index (χ2v) is 6.95. The maximum absolute atomic E-state index is 12.4. The van der Waals surface area contributed by atoms with Crippen molar-refractivity contribution in [1.29, 1.82) is 0 Å². The van der Waals surface area contributed by atoms with E-state index in [9.17, 15) is 13.5 Å². The molecule has 0 fully saturated rings. The van der Waals surface area contributed by atoms with E-state index in [2.05, 4.69) is 0 Å². The zero-order valence-corrected chi connectivity index (χ0v) is 13.2. The van der Waals surface area contributed by atoms with Gasteiger partial charge in [-0.2, -0.15) is 4.31 Å². The lowest BCUT2D eigenvalue weighted by Crippen LogP contribution is -2.36. The molecule has 1 aromatic carbocycles. The van der Waals surface area contributed by atoms with Gasteiger partial charge in [0, 0.05) is 26.4 Å². The fraction of sp³-hybridized carbons (Fsp3) is 0.500. The van der Waals surface area contributed by atoms with Gasteiger partial charge in [0.15, 0.2) is 0 Å². The summed E-state index contributed by atoms with van der Waals surface area (Å²) in [6.07, 6.45) is -0.915. The molecule has 0 bridgehead atoms. The molecule has 1 unspecified atom stereocenters. The van der Waals surface area contributed by atoms with Crippen molar-refractivity contribution >= 4 is 27.3 Å². The number of ether oxygens (including phenoxy) is 1. The molecule has 6 nitrogen and oxygen atoms in total. The van der Waals surface area contributed by atoms with Crippen LogP contribution >= 0.6 is 11.6 Å². The molecule has 1 atom stereocenters. The van der Waals surface area contributed by atoms with Crippen LogP contribution in [0.2, 0.25) is 5.02 Å². The van der Waals surface area contributed by atoms with Crippen molar-refractivity contribution in [2.24, 2.45) is 0 Å². The number of aliphatic hydroxyl groups is 1. The molecule has 0 saturated heterocycles. The SMILES string of the molecule is COCC(O)CN(C)S(=O)(=O)c1cc(N)c(C)cc1Cl. The molecule has 3 N–H and O–H groups in total. The van der Waals surface area contributed by atoms with Gasteiger partial charge in [0.25, 0.3) is 0 Å². The van der Waals surface area contributed by atoms with Gasteiger partial charge in [-0.25, -0.2) is 8.42 Å². The number of halogens is 1. The Morgan fingerprint density at radius 2 is 2.10 bits per heavy atom. The van der Waals surface area contributed by atoms with Gasteiger partial charge in [-0.3, -0.25) is 0 Å². The summed E-state index contributed by atoms with van der Waals surface area (Å²) in [7, 11) is -1.03. The summed E-state index contributed by atoms with van der Waals surface area (Å²) in [5, 5.41) is 9.71. The number of methoxy groups -OCH3 is 1. The molecule has 0 aliphatic rings. The van der Waals surface area contributed by atoms with Crippen LogP contribution in [0.4, 0.5) is 5.69 Å². The third-order valence-corrected chi connectivity index (χ3v) is 5.12. The monoisotopic (exact) mass is 322 g/mol. The minimum Gasteiger partial charge on any atom is -0.398 e. The number of anilines is 1. The van der Waals surface area contributed by atoms with Gasteiger partial charge in [0.2, 0.25) is 10.0 Å². The molecule has 0 saturated carbocycles. The highest BCUT2D eigenvalue weighted by molar-refractivity contribution is 7.89. The highest BCUT2D eigenvalue weighted by Gasteiger charge is 2.26. The quantitative estimate of drug-likeness (QED) is 0.758. The molecular formula is C12H19ClN2O4S. The number of nitrogen functional groups attached to an aromatic ring is 1. The zero-order chi connectivity index (χ0) is 15.5. The number of aryl methyl sites for hydroxylation is 1. The molecule has 0 spiro atoms. The van der Waals surface area contributed by atoms with Crippen LogP contribution in [0.25, 0.3) is 0 Å². The molecule has 0 heterocycles. The number of nitrogens with zero attached hydrogens (tertiary/aromatic N) is 1. The van der Waals surface area contributed by atoms with E-state index < -0.39 is 16.1 Å². The van der Waals surface area contributed by atoms with E-state index in [0.29, 0.717) is 11.3 Å². The molecular weight excluding hydrogens is 304 g/mol. The van der Waals surface area contributed by atoms with E-state index in [0.717, 1.165) is 4.31 Å². The van der Waals surface area contributed by atoms with Crippen molar-refractivity contribution in [2.75, 3.05) is 33.0 Å². The maximum atomic E-state index is 12.4. The molecule has 0 aromatic heterocycles. The van der Waals surface area contributed by atoms with Crippen molar-refractivity contribution in [3.63, 3.8) is 0 Å². The van der Waals surface area contributed by atoms with Crippen LogP contribution < -0.4 is 5.73 Å². The van der Waals surface area contributed by atoms with Gasteiger partial charge in [-0.05, 0) is 24.6 Å². The molecule has 20 heavy (non-hydrogen) atoms. The second kappa shape index (κ2) is 6.73. The van der Waals surface area contributed by atoms with Gasteiger partial charge in [0.05, 0.1) is 17.7 Å². The predicted octanol–water partition coefficient (Wildman–Crippen LogP) is 0.858. The number of benzene rings is 1. The number of likely N-dealkylation sites (N-methyl/N-ethyl adjacent to an activating group) is 1. The summed E-state index contributed by atoms with van der Waals surface area (Å²) in [6, 6.07) is 2.83. The van der Waals surface area contributed by atoms with E-state index in [-0.39, 0.29) is 23.1 Å². The Bertz CT molecular complexity index is 577. The zero-order valence-electron chi connectivity index (χ0n) is 11.6. The van der Waals surface area contributed by atoms with Crippen LogP contribution in [0, 0.1) is 6.92 Å². The first-order valence-corrected chi connectivity index (χ1v) is 7.71. The van der Waals surface area contributed by atoms with Crippen LogP contribution in [0.1, 0.15) is 5.56 Å². The van der Waals surface area contributed by atoms with Crippen LogP contribution in [0.5, 0.6) is 0 Å². The highest BCUT2D eigenvalue weighted by atomic mass is 35.5. The molecule has 0 aliphatic carbocycles. The molecule has 1 aromatic rings. The molecule has 0 radical (unpaired) electrons. The Kier molecular flexibility index (Phi) is 5.79. The van der Waals surface area contributed by atoms with Crippen molar-refractivity contribution in [3.8, 4) is 0 Å². The number of aliphatic hydroxyl groups excluding tert-OH is 1. The van der Waals surface area contributed by atoms with Crippen LogP contribution in [0.3, 0.4) is 0 Å². The first kappa shape index (κ1) is 17.2. The second-order valence-electron chi connectivity index (χ2n) is 4.53. The summed E-state index contributed by atoms with van der Waals surface area (Å²) >= 11 is 5.98. The Morgan fingerprint density at radius 3 is 2.65 bits per heavy atom. The first-order valence-electron chi connectivity index (χ1n) is 5.89. The minimum absolute atomic E-state index is 0.0453. The van der Waals surface area contributed by atoms with Crippen molar-refractivity contribution < 1.29 is 18.3 Å². The van der Waals surface area contributed by atoms with E-state index in [1.165, 1.54) is 26.3 Å². The third kappa shape index (κ3) is 3.83. The van der Waals surface area contributed by atoms with E-state index in [1.807, 2.05) is 0 Å². The van der Waals surface area contributed by atoms with Crippen molar-refractivity contribution in [2.45, 2.75) is 17.9 Å². The average molecular weight is 323 g/mol. The summed E-state index contributed by atoms with van der Waals surface area (Å²) < 4.78 is 30.6. The molecule has 0 aliphatic heterocycles. The van der Waals surface area contributed by atoms with E-state index >= 15 is 0 Å². The smallest absolute Gasteiger partial charge is 0.244 e. The summed E-state index contributed by atoms with van der Waals surface area (Å²) in [5.74, 6) is 0. The summed E-state index contributed by atoms with van der Waals surface area (Å²) in [5.41, 5.74) is 6.78. The Morgan fingerprint density at radius 1 is 1.50 bits per heavy atom. The van der Waals surface area contributed by atoms with Gasteiger partial charge < -0.3 is 15.6 Å². The highest BCUT2D eigenvalue weighted by Crippen LogP contribution is 2.28. The van der Waals surface area contributed by atoms with E-state index in [1.54, 1.807) is 6.92 Å². The van der Waals surface area contributed by atoms with Gasteiger partial charge >= 0.3 is 0 Å². The first-order chi connectivity index (χ1) is 9.20. The topological polar surface area (TPSA) is 92.9 Å². The van der Waals surface area contributed by atoms with Crippen molar-refractivity contribution in [3.05, 3.63) is 22.7 Å². The minimum atomic E-state index is -3.82. The van der Waals surface area contributed by atoms with Crippen molar-refractivity contribution in [1.82, 2.24) is 4.31 Å². The van der Waals surface area contributed by atoms with Gasteiger partial charge in [0.1, 0.15) is 4.90 Å². The maximum Gasteiger partial charge on any atom is 0.244 e. The molecule has 0 amide bonds. The molecule has 1 rings (SSSR count). The molecule has 8 heteroatoms. The summed E-state index contributed by atoms with van der Waals surface area (Å²) in [4.78, 5) is -0.0746. The predicted molar refractivity (Wildman–Crippen MR) is 78.3 cm³/mol. The third-order valence-electron chi connectivity index (χ3n) is 2.84. The number of nitrogens with two attached hydrogens (primary N) is 1. The van der Waals surface area contributed by atoms with Crippen LogP contribution in [0.15, 0.2) is 17.0 Å². The Hall–Kier alpha value is -0.860. The standard InChI is InChI=1S/C12H19ClN2O4S/c1-8-4-10(13)12(5-11(8)14)20(17,18)15(2)6-9(16)7-19-3/h4-5,9,16H,6-7,14H2,1-3H3. The van der Waals surface area contributed by atoms with Crippen LogP contribution in [-0.4, -0.2) is 51.2 Å². The Balaban J connectivity index is 3.07. The number of hydrogen-bond donors (Lipinski definition) is 2. The fourth-order valence-corrected chi connectivity index (χ4v) is 3.47. The number of hydrogen-bond acceptors (Lipinski definition) is 5. The van der Waals surface area contributed by atoms with Crippen LogP contribution in [-0.2, 0) is 14.8 Å². The van der Waals surface area contributed by atoms with Gasteiger partial charge in [-0.1, -0.05) is 11.6 Å². The van der Waals surface area contributed by atoms with Gasteiger partial charge in [-0.15, -0.1) is 0 Å². The molecule has 114 valence electrons. The number of sulfonamides is 1. The number of rotatable bonds is 6. The lowest BCUT2D eigenvalue weighted by Gasteiger charge is -2.21. The fourth-order valence-electron chi connectivity index (χ4n) is 1.67. The largest absolute Gasteiger partial charge is 0.398 e. The average Bonchev–Trinajstić information content (AvgIpc) is 2.33. The lowest BCUT2D eigenvalue weighted by atomic mass is 10.2.